The molecular weight excluding hydrogens is 456 g/mol. The van der Waals surface area contributed by atoms with Gasteiger partial charge in [0.25, 0.3) is 5.91 Å². The highest BCUT2D eigenvalue weighted by Gasteiger charge is 2.46. The lowest BCUT2D eigenvalue weighted by Gasteiger charge is -2.29. The summed E-state index contributed by atoms with van der Waals surface area (Å²) in [6.45, 7) is 3.65. The maximum Gasteiger partial charge on any atom is 0.380 e. The minimum Gasteiger partial charge on any atom is -0.474 e. The fourth-order valence-corrected chi connectivity index (χ4v) is 4.38. The zero-order valence-electron chi connectivity index (χ0n) is 19.5. The van der Waals surface area contributed by atoms with E-state index in [0.717, 1.165) is 44.3 Å². The Morgan fingerprint density at radius 3 is 2.71 bits per heavy atom. The number of pyridine rings is 1. The molecule has 0 bridgehead atoms. The molecule has 2 aromatic heterocycles. The Labute approximate surface area is 202 Å². The van der Waals surface area contributed by atoms with E-state index in [4.69, 9.17) is 9.15 Å². The Balaban J connectivity index is 1.34. The van der Waals surface area contributed by atoms with Crippen molar-refractivity contribution in [1.29, 1.82) is 0 Å². The molecule has 2 fully saturated rings. The number of halogens is 2. The van der Waals surface area contributed by atoms with Gasteiger partial charge in [0.2, 0.25) is 5.88 Å². The fraction of sp³-hybridized carbons (Fsp3) is 0.462. The molecule has 0 unspecified atom stereocenters. The molecule has 2 aliphatic rings. The number of alkyl halides is 2. The molecule has 5 rings (SSSR count). The van der Waals surface area contributed by atoms with E-state index in [1.807, 2.05) is 11.8 Å². The molecule has 7 nitrogen and oxygen atoms in total. The van der Waals surface area contributed by atoms with Crippen molar-refractivity contribution >= 4 is 16.9 Å². The first-order chi connectivity index (χ1) is 16.8. The standard InChI is InChI=1S/C26H29F2N3O4/c1-16-4-8-21-18(12-16)13-22(35-21)26(27,28)25(33)30-20(15-31-10-2-3-11-31)24(32)17-5-9-23(29-14-17)34-19-6-7-19/h4-5,8-9,12-14,19-20,24,32H,2-3,6-7,10-11,15H2,1H3,(H,30,33)/t20-,24-/m1/s1. The van der Waals surface area contributed by atoms with Crippen LogP contribution in [0.3, 0.4) is 0 Å². The summed E-state index contributed by atoms with van der Waals surface area (Å²) in [5.41, 5.74) is 1.60. The van der Waals surface area contributed by atoms with Gasteiger partial charge in [0.1, 0.15) is 17.8 Å². The van der Waals surface area contributed by atoms with Gasteiger partial charge in [-0.3, -0.25) is 4.79 Å². The normalized spacial score (nSPS) is 18.5. The van der Waals surface area contributed by atoms with Crippen molar-refractivity contribution in [3.8, 4) is 5.88 Å². The van der Waals surface area contributed by atoms with E-state index in [1.165, 1.54) is 12.3 Å². The van der Waals surface area contributed by atoms with Crippen LogP contribution in [0.1, 0.15) is 48.7 Å². The molecule has 2 N–H and O–H groups in total. The molecule has 0 spiro atoms. The highest BCUT2D eigenvalue weighted by Crippen LogP contribution is 2.34. The Morgan fingerprint density at radius 2 is 2.03 bits per heavy atom. The summed E-state index contributed by atoms with van der Waals surface area (Å²) in [6.07, 6.45) is 4.39. The molecule has 1 amide bonds. The number of hydrogen-bond donors (Lipinski definition) is 2. The van der Waals surface area contributed by atoms with Gasteiger partial charge in [-0.25, -0.2) is 4.98 Å². The number of nitrogens with zero attached hydrogens (tertiary/aromatic N) is 2. The zero-order chi connectivity index (χ0) is 24.6. The second-order valence-electron chi connectivity index (χ2n) is 9.51. The monoisotopic (exact) mass is 485 g/mol. The van der Waals surface area contributed by atoms with Crippen LogP contribution in [-0.4, -0.2) is 52.7 Å². The van der Waals surface area contributed by atoms with E-state index in [9.17, 15) is 9.90 Å². The van der Waals surface area contributed by atoms with Crippen LogP contribution < -0.4 is 10.1 Å². The minimum absolute atomic E-state index is 0.185. The number of hydrogen-bond acceptors (Lipinski definition) is 6. The van der Waals surface area contributed by atoms with Crippen LogP contribution in [0, 0.1) is 6.92 Å². The summed E-state index contributed by atoms with van der Waals surface area (Å²) in [6, 6.07) is 8.61. The van der Waals surface area contributed by atoms with Gasteiger partial charge in [0, 0.05) is 29.8 Å². The molecule has 0 radical (unpaired) electrons. The Morgan fingerprint density at radius 1 is 1.26 bits per heavy atom. The molecule has 2 atom stereocenters. The molecule has 3 aromatic rings. The SMILES string of the molecule is Cc1ccc2oc(C(F)(F)C(=O)N[C@H](CN3CCCC3)[C@H](O)c3ccc(OC4CC4)nc3)cc2c1. The number of aromatic nitrogens is 1. The van der Waals surface area contributed by atoms with Gasteiger partial charge in [-0.2, -0.15) is 8.78 Å². The molecule has 9 heteroatoms. The largest absolute Gasteiger partial charge is 0.474 e. The highest BCUT2D eigenvalue weighted by atomic mass is 19.3. The smallest absolute Gasteiger partial charge is 0.380 e. The van der Waals surface area contributed by atoms with Gasteiger partial charge >= 0.3 is 5.92 Å². The summed E-state index contributed by atoms with van der Waals surface area (Å²) in [5.74, 6) is -5.70. The van der Waals surface area contributed by atoms with Crippen LogP contribution in [0.2, 0.25) is 0 Å². The molecule has 1 saturated carbocycles. The van der Waals surface area contributed by atoms with Crippen LogP contribution >= 0.6 is 0 Å². The van der Waals surface area contributed by atoms with Gasteiger partial charge in [-0.15, -0.1) is 0 Å². The van der Waals surface area contributed by atoms with Crippen LogP contribution in [0.5, 0.6) is 5.88 Å². The predicted molar refractivity (Wildman–Crippen MR) is 125 cm³/mol. The Kier molecular flexibility index (Phi) is 6.46. The van der Waals surface area contributed by atoms with Gasteiger partial charge in [-0.05, 0) is 70.0 Å². The van der Waals surface area contributed by atoms with Gasteiger partial charge in [0.05, 0.1) is 6.04 Å². The van der Waals surface area contributed by atoms with Crippen molar-refractivity contribution in [2.75, 3.05) is 19.6 Å². The third-order valence-corrected chi connectivity index (χ3v) is 6.53. The van der Waals surface area contributed by atoms with E-state index in [1.54, 1.807) is 30.3 Å². The van der Waals surface area contributed by atoms with Crippen molar-refractivity contribution in [2.24, 2.45) is 0 Å². The Hall–Kier alpha value is -3.04. The molecular formula is C26H29F2N3O4. The average Bonchev–Trinajstić information content (AvgIpc) is 3.31. The number of likely N-dealkylation sites (tertiary alicyclic amines) is 1. The molecule has 1 aliphatic carbocycles. The number of amides is 1. The van der Waals surface area contributed by atoms with Crippen LogP contribution in [0.25, 0.3) is 11.0 Å². The molecule has 1 aliphatic heterocycles. The Bertz CT molecular complexity index is 1190. The van der Waals surface area contributed by atoms with E-state index in [2.05, 4.69) is 10.3 Å². The molecule has 3 heterocycles. The highest BCUT2D eigenvalue weighted by molar-refractivity contribution is 5.87. The third kappa shape index (κ3) is 5.31. The van der Waals surface area contributed by atoms with E-state index in [-0.39, 0.29) is 18.2 Å². The lowest BCUT2D eigenvalue weighted by atomic mass is 10.0. The van der Waals surface area contributed by atoms with Crippen molar-refractivity contribution < 1.29 is 27.8 Å². The quantitative estimate of drug-likeness (QED) is 0.475. The second kappa shape index (κ2) is 9.54. The molecule has 1 saturated heterocycles. The summed E-state index contributed by atoms with van der Waals surface area (Å²) in [5, 5.41) is 14.0. The second-order valence-corrected chi connectivity index (χ2v) is 9.51. The lowest BCUT2D eigenvalue weighted by molar-refractivity contribution is -0.151. The first-order valence-electron chi connectivity index (χ1n) is 12.0. The van der Waals surface area contributed by atoms with Gasteiger partial charge < -0.3 is 24.5 Å². The van der Waals surface area contributed by atoms with Crippen LogP contribution in [0.15, 0.2) is 47.0 Å². The van der Waals surface area contributed by atoms with Gasteiger partial charge in [-0.1, -0.05) is 11.6 Å². The van der Waals surface area contributed by atoms with Gasteiger partial charge in [0.15, 0.2) is 5.76 Å². The summed E-state index contributed by atoms with van der Waals surface area (Å²) in [7, 11) is 0. The molecule has 35 heavy (non-hydrogen) atoms. The maximum absolute atomic E-state index is 15.2. The average molecular weight is 486 g/mol. The number of fused-ring (bicyclic) bond motifs is 1. The third-order valence-electron chi connectivity index (χ3n) is 6.53. The number of nitrogens with one attached hydrogen (secondary N) is 1. The van der Waals surface area contributed by atoms with Crippen LogP contribution in [-0.2, 0) is 10.7 Å². The predicted octanol–water partition coefficient (Wildman–Crippen LogP) is 4.08. The summed E-state index contributed by atoms with van der Waals surface area (Å²) >= 11 is 0. The molecule has 186 valence electrons. The van der Waals surface area contributed by atoms with E-state index >= 15 is 8.78 Å². The zero-order valence-corrected chi connectivity index (χ0v) is 19.5. The van der Waals surface area contributed by atoms with Crippen LogP contribution in [0.4, 0.5) is 8.78 Å². The molecule has 1 aromatic carbocycles. The van der Waals surface area contributed by atoms with E-state index < -0.39 is 29.7 Å². The lowest BCUT2D eigenvalue weighted by Crippen LogP contribution is -2.50. The number of furan rings is 1. The number of ether oxygens (including phenoxy) is 1. The first kappa shape index (κ1) is 23.7. The number of carbonyl (C=O) groups is 1. The number of aryl methyl sites for hydroxylation is 1. The summed E-state index contributed by atoms with van der Waals surface area (Å²) in [4.78, 5) is 19.1. The van der Waals surface area contributed by atoms with Crippen molar-refractivity contribution in [3.63, 3.8) is 0 Å². The minimum atomic E-state index is -3.91. The van der Waals surface area contributed by atoms with Crippen molar-refractivity contribution in [1.82, 2.24) is 15.2 Å². The number of aliphatic hydroxyl groups is 1. The first-order valence-corrected chi connectivity index (χ1v) is 12.0. The van der Waals surface area contributed by atoms with E-state index in [0.29, 0.717) is 16.8 Å². The summed E-state index contributed by atoms with van der Waals surface area (Å²) < 4.78 is 41.3. The number of aliphatic hydroxyl groups excluding tert-OH is 1. The maximum atomic E-state index is 15.2. The number of carbonyl (C=O) groups excluding carboxylic acids is 1. The topological polar surface area (TPSA) is 87.8 Å². The van der Waals surface area contributed by atoms with Crippen molar-refractivity contribution in [2.45, 2.75) is 56.8 Å². The van der Waals surface area contributed by atoms with Crippen molar-refractivity contribution in [3.05, 3.63) is 59.5 Å². The number of benzene rings is 1. The number of rotatable bonds is 9. The fourth-order valence-electron chi connectivity index (χ4n) is 4.38.